The molecule has 44 heavy (non-hydrogen) atoms. The highest BCUT2D eigenvalue weighted by Crippen LogP contribution is 2.42. The molecule has 3 aromatic carbocycles. The number of aliphatic carboxylic acids is 1. The number of ketones is 1. The van der Waals surface area contributed by atoms with E-state index in [2.05, 4.69) is 10.6 Å². The maximum Gasteiger partial charge on any atom is 0.408 e. The molecule has 3 amide bonds. The molecule has 0 radical (unpaired) electrons. The summed E-state index contributed by atoms with van der Waals surface area (Å²) in [7, 11) is 0. The van der Waals surface area contributed by atoms with E-state index in [9.17, 15) is 29.1 Å². The number of rotatable bonds is 12. The van der Waals surface area contributed by atoms with Crippen molar-refractivity contribution in [2.75, 3.05) is 5.75 Å². The molecule has 1 aliphatic heterocycles. The number of thioether (sulfide) groups is 1. The van der Waals surface area contributed by atoms with E-state index in [-0.39, 0.29) is 24.7 Å². The van der Waals surface area contributed by atoms with Gasteiger partial charge in [0.15, 0.2) is 0 Å². The fourth-order valence-corrected chi connectivity index (χ4v) is 6.33. The van der Waals surface area contributed by atoms with Crippen molar-refractivity contribution < 1.29 is 33.8 Å². The van der Waals surface area contributed by atoms with Gasteiger partial charge in [-0.25, -0.2) is 9.59 Å². The molecule has 1 saturated heterocycles. The monoisotopic (exact) mass is 617 g/mol. The molecule has 0 saturated carbocycles. The lowest BCUT2D eigenvalue weighted by Gasteiger charge is -2.34. The van der Waals surface area contributed by atoms with Crippen molar-refractivity contribution in [1.29, 1.82) is 0 Å². The van der Waals surface area contributed by atoms with E-state index in [1.54, 1.807) is 44.2 Å². The molecule has 1 aliphatic rings. The molecule has 3 N–H and O–H groups in total. The van der Waals surface area contributed by atoms with Crippen LogP contribution in [0.15, 0.2) is 91.0 Å². The van der Waals surface area contributed by atoms with E-state index in [0.717, 1.165) is 11.1 Å². The number of carboxylic acids is 1. The number of hydrogen-bond donors (Lipinski definition) is 3. The van der Waals surface area contributed by atoms with Crippen LogP contribution in [0.3, 0.4) is 0 Å². The van der Waals surface area contributed by atoms with Crippen molar-refractivity contribution in [1.82, 2.24) is 15.5 Å². The summed E-state index contributed by atoms with van der Waals surface area (Å²) in [6, 6.07) is 23.7. The van der Waals surface area contributed by atoms with Crippen LogP contribution in [-0.2, 0) is 36.9 Å². The molecule has 1 unspecified atom stereocenters. The van der Waals surface area contributed by atoms with Crippen LogP contribution < -0.4 is 10.6 Å². The molecule has 0 bridgehead atoms. The van der Waals surface area contributed by atoms with E-state index in [4.69, 9.17) is 4.74 Å². The summed E-state index contributed by atoms with van der Waals surface area (Å²) >= 11 is 1.37. The lowest BCUT2D eigenvalue weighted by molar-refractivity contribution is -0.151. The number of alkyl carbamates (subject to hydrolysis) is 1. The number of hydrogen-bond acceptors (Lipinski definition) is 7. The molecule has 10 nitrogen and oxygen atoms in total. The predicted molar refractivity (Wildman–Crippen MR) is 165 cm³/mol. The quantitative estimate of drug-likeness (QED) is 0.259. The Morgan fingerprint density at radius 2 is 1.43 bits per heavy atom. The van der Waals surface area contributed by atoms with Gasteiger partial charge in [-0.15, -0.1) is 11.8 Å². The van der Waals surface area contributed by atoms with Crippen molar-refractivity contribution in [3.63, 3.8) is 0 Å². The fraction of sp³-hybridized carbons (Fsp3) is 0.303. The third-order valence-corrected chi connectivity index (χ3v) is 8.51. The van der Waals surface area contributed by atoms with Gasteiger partial charge in [-0.2, -0.15) is 0 Å². The van der Waals surface area contributed by atoms with Gasteiger partial charge in [-0.05, 0) is 22.6 Å². The molecule has 4 atom stereocenters. The van der Waals surface area contributed by atoms with Crippen LogP contribution in [-0.4, -0.2) is 63.5 Å². The first kappa shape index (κ1) is 32.3. The van der Waals surface area contributed by atoms with E-state index in [0.29, 0.717) is 5.56 Å². The Hall–Kier alpha value is -4.64. The summed E-state index contributed by atoms with van der Waals surface area (Å²) in [6.45, 7) is 3.57. The van der Waals surface area contributed by atoms with Gasteiger partial charge < -0.3 is 25.4 Å². The summed E-state index contributed by atoms with van der Waals surface area (Å²) in [5, 5.41) is 14.2. The summed E-state index contributed by atoms with van der Waals surface area (Å²) in [4.78, 5) is 66.4. The van der Waals surface area contributed by atoms with Crippen molar-refractivity contribution in [3.05, 3.63) is 108 Å². The Kier molecular flexibility index (Phi) is 11.1. The van der Waals surface area contributed by atoms with Gasteiger partial charge in [0.1, 0.15) is 30.1 Å². The van der Waals surface area contributed by atoms with Gasteiger partial charge in [0, 0.05) is 12.2 Å². The average Bonchev–Trinajstić information content (AvgIpc) is 3.48. The Balaban J connectivity index is 1.57. The van der Waals surface area contributed by atoms with Crippen LogP contribution in [0.1, 0.15) is 35.9 Å². The first-order valence-electron chi connectivity index (χ1n) is 14.2. The van der Waals surface area contributed by atoms with Crippen LogP contribution in [0.4, 0.5) is 4.79 Å². The minimum absolute atomic E-state index is 0.0172. The molecule has 0 aromatic heterocycles. The molecule has 1 heterocycles. The normalized spacial score (nSPS) is 17.4. The van der Waals surface area contributed by atoms with E-state index >= 15 is 0 Å². The third-order valence-electron chi connectivity index (χ3n) is 7.19. The SMILES string of the molecule is CC(C)[C@H](NC(=O)OCc1ccccc1)C(=O)N1C(c2ccccc2)SC[C@H]1C(=O)N[C@@H](Cc1ccccc1)C(=O)C(=O)O. The molecule has 0 spiro atoms. The van der Waals surface area contributed by atoms with Gasteiger partial charge in [-0.1, -0.05) is 105 Å². The first-order valence-corrected chi connectivity index (χ1v) is 15.3. The van der Waals surface area contributed by atoms with E-state index in [1.807, 2.05) is 60.7 Å². The molecular weight excluding hydrogens is 582 g/mol. The van der Waals surface area contributed by atoms with Gasteiger partial charge in [-0.3, -0.25) is 14.4 Å². The standard InChI is InChI=1S/C33H35N3O7S/c1-21(2)27(35-33(42)43-19-23-14-8-4-9-15-23)30(39)36-26(20-44-31(36)24-16-10-5-11-17-24)29(38)34-25(28(37)32(40)41)18-22-12-6-3-7-13-22/h3-17,21,25-27,31H,18-20H2,1-2H3,(H,34,38)(H,35,42)(H,40,41)/t25-,26-,27-,31?/m0/s1. The number of nitrogens with one attached hydrogen (secondary N) is 2. The second-order valence-electron chi connectivity index (χ2n) is 10.7. The predicted octanol–water partition coefficient (Wildman–Crippen LogP) is 3.96. The summed E-state index contributed by atoms with van der Waals surface area (Å²) in [5.74, 6) is -4.15. The highest BCUT2D eigenvalue weighted by Gasteiger charge is 2.46. The molecule has 230 valence electrons. The average molecular weight is 618 g/mol. The smallest absolute Gasteiger partial charge is 0.408 e. The number of carboxylic acid groups (broad SMARTS) is 1. The number of nitrogens with zero attached hydrogens (tertiary/aromatic N) is 1. The molecule has 3 aromatic rings. The van der Waals surface area contributed by atoms with Crippen LogP contribution in [0.2, 0.25) is 0 Å². The van der Waals surface area contributed by atoms with Crippen LogP contribution in [0, 0.1) is 5.92 Å². The van der Waals surface area contributed by atoms with Gasteiger partial charge in [0.05, 0.1) is 0 Å². The summed E-state index contributed by atoms with van der Waals surface area (Å²) < 4.78 is 5.37. The zero-order valence-electron chi connectivity index (χ0n) is 24.4. The topological polar surface area (TPSA) is 142 Å². The Morgan fingerprint density at radius 1 is 0.864 bits per heavy atom. The van der Waals surface area contributed by atoms with Crippen LogP contribution in [0.25, 0.3) is 0 Å². The summed E-state index contributed by atoms with van der Waals surface area (Å²) in [6.07, 6.45) is -0.808. The van der Waals surface area contributed by atoms with Crippen molar-refractivity contribution in [3.8, 4) is 0 Å². The Bertz CT molecular complexity index is 1450. The van der Waals surface area contributed by atoms with E-state index < -0.39 is 53.2 Å². The highest BCUT2D eigenvalue weighted by atomic mass is 32.2. The maximum atomic E-state index is 14.2. The highest BCUT2D eigenvalue weighted by molar-refractivity contribution is 7.99. The van der Waals surface area contributed by atoms with Crippen molar-refractivity contribution in [2.24, 2.45) is 5.92 Å². The molecule has 1 fully saturated rings. The molecule has 0 aliphatic carbocycles. The molecule has 4 rings (SSSR count). The minimum atomic E-state index is -1.67. The minimum Gasteiger partial charge on any atom is -0.475 e. The van der Waals surface area contributed by atoms with Gasteiger partial charge in [0.2, 0.25) is 11.8 Å². The zero-order valence-corrected chi connectivity index (χ0v) is 25.2. The van der Waals surface area contributed by atoms with E-state index in [1.165, 1.54) is 16.7 Å². The second-order valence-corrected chi connectivity index (χ2v) is 11.8. The van der Waals surface area contributed by atoms with Crippen LogP contribution in [0.5, 0.6) is 0 Å². The molecular formula is C33H35N3O7S. The first-order chi connectivity index (χ1) is 21.2. The zero-order chi connectivity index (χ0) is 31.6. The van der Waals surface area contributed by atoms with Gasteiger partial charge in [0.25, 0.3) is 5.78 Å². The third kappa shape index (κ3) is 8.25. The number of carbonyl (C=O) groups is 5. The largest absolute Gasteiger partial charge is 0.475 e. The van der Waals surface area contributed by atoms with Gasteiger partial charge >= 0.3 is 12.1 Å². The lowest BCUT2D eigenvalue weighted by atomic mass is 10.00. The lowest BCUT2D eigenvalue weighted by Crippen LogP contribution is -2.58. The Labute approximate surface area is 260 Å². The number of Topliss-reactive ketones (excluding diaryl/α,β-unsaturated/α-hetero) is 1. The number of carbonyl (C=O) groups excluding carboxylic acids is 4. The summed E-state index contributed by atoms with van der Waals surface area (Å²) in [5.41, 5.74) is 2.23. The van der Waals surface area contributed by atoms with Crippen LogP contribution >= 0.6 is 11.8 Å². The fourth-order valence-electron chi connectivity index (χ4n) is 4.89. The van der Waals surface area contributed by atoms with Crippen molar-refractivity contribution in [2.45, 2.75) is 50.4 Å². The number of amides is 3. The number of benzene rings is 3. The second kappa shape index (κ2) is 15.2. The van der Waals surface area contributed by atoms with Crippen molar-refractivity contribution >= 4 is 41.4 Å². The maximum absolute atomic E-state index is 14.2. The Morgan fingerprint density at radius 3 is 2.00 bits per heavy atom. The molecule has 11 heteroatoms. The number of ether oxygens (including phenoxy) is 1.